The van der Waals surface area contributed by atoms with Crippen LogP contribution in [0.1, 0.15) is 59.6 Å². The van der Waals surface area contributed by atoms with Crippen molar-refractivity contribution in [3.8, 4) is 11.5 Å². The van der Waals surface area contributed by atoms with Gasteiger partial charge in [-0.2, -0.15) is 0 Å². The second kappa shape index (κ2) is 15.1. The van der Waals surface area contributed by atoms with Crippen molar-refractivity contribution in [2.75, 3.05) is 31.0 Å². The molecule has 19 nitrogen and oxygen atoms in total. The third-order valence-corrected chi connectivity index (χ3v) is 7.86. The van der Waals surface area contributed by atoms with Crippen molar-refractivity contribution in [3.05, 3.63) is 82.6 Å². The lowest BCUT2D eigenvalue weighted by molar-refractivity contribution is 0.0979. The molecule has 0 saturated heterocycles. The number of aromatic nitrogens is 6. The summed E-state index contributed by atoms with van der Waals surface area (Å²) in [5.41, 5.74) is 13.9. The highest BCUT2D eigenvalue weighted by Crippen LogP contribution is 2.33. The number of nitrogens with zero attached hydrogens (tertiary/aromatic N) is 6. The number of carbonyl (C=O) groups is 4. The lowest BCUT2D eigenvalue weighted by Gasteiger charge is -2.12. The maximum absolute atomic E-state index is 13.1. The maximum Gasteiger partial charge on any atom is 0.296 e. The smallest absolute Gasteiger partial charge is 0.296 e. The molecule has 6 aromatic rings. The van der Waals surface area contributed by atoms with E-state index < -0.39 is 23.6 Å². The summed E-state index contributed by atoms with van der Waals surface area (Å²) in [6.07, 6.45) is 3.83. The molecule has 0 bridgehead atoms. The fourth-order valence-corrected chi connectivity index (χ4v) is 5.43. The number of nitrogens with one attached hydrogen (secondary N) is 2. The first kappa shape index (κ1) is 35.8. The van der Waals surface area contributed by atoms with Gasteiger partial charge in [-0.15, -0.1) is 0 Å². The Morgan fingerprint density at radius 2 is 1.25 bits per heavy atom. The zero-order chi connectivity index (χ0) is 37.8. The van der Waals surface area contributed by atoms with Crippen molar-refractivity contribution < 1.29 is 42.8 Å². The number of aliphatic hydroxyl groups is 1. The van der Waals surface area contributed by atoms with E-state index in [1.807, 2.05) is 0 Å². The van der Waals surface area contributed by atoms with Gasteiger partial charge in [0, 0.05) is 49.4 Å². The second-order valence-electron chi connectivity index (χ2n) is 11.7. The second-order valence-corrected chi connectivity index (χ2v) is 11.7. The number of imidazole rings is 2. The van der Waals surface area contributed by atoms with Crippen LogP contribution in [0.15, 0.2) is 57.6 Å². The van der Waals surface area contributed by atoms with Crippen molar-refractivity contribution in [1.29, 1.82) is 0 Å². The summed E-state index contributed by atoms with van der Waals surface area (Å²) >= 11 is 0. The van der Waals surface area contributed by atoms with Crippen molar-refractivity contribution in [2.24, 2.45) is 11.5 Å². The normalized spacial score (nSPS) is 11.4. The summed E-state index contributed by atoms with van der Waals surface area (Å²) in [6, 6.07) is 8.82. The van der Waals surface area contributed by atoms with Crippen molar-refractivity contribution in [3.63, 3.8) is 0 Å². The van der Waals surface area contributed by atoms with Gasteiger partial charge < -0.3 is 44.2 Å². The SMILES string of the molecule is COc1cc(C(N)=O)cc2nc(NC(=O)c3cc(C)no3)n(C/C=C/Cn3c(NC(=O)c4cc(C)no4)nc4cc(C(N)=O)cc(OCCCO)c43)c12. The first-order valence-corrected chi connectivity index (χ1v) is 16.1. The quantitative estimate of drug-likeness (QED) is 0.0753. The van der Waals surface area contributed by atoms with Crippen molar-refractivity contribution in [1.82, 2.24) is 29.4 Å². The molecule has 2 aromatic carbocycles. The fourth-order valence-electron chi connectivity index (χ4n) is 5.43. The number of anilines is 2. The number of fused-ring (bicyclic) bond motifs is 2. The van der Waals surface area contributed by atoms with Gasteiger partial charge in [0.2, 0.25) is 35.2 Å². The Bertz CT molecular complexity index is 2400. The summed E-state index contributed by atoms with van der Waals surface area (Å²) in [5.74, 6) is -2.05. The molecule has 19 heteroatoms. The highest BCUT2D eigenvalue weighted by molar-refractivity contribution is 6.04. The molecule has 53 heavy (non-hydrogen) atoms. The highest BCUT2D eigenvalue weighted by Gasteiger charge is 2.23. The Labute approximate surface area is 299 Å². The first-order valence-electron chi connectivity index (χ1n) is 16.1. The van der Waals surface area contributed by atoms with Crippen LogP contribution in [0.3, 0.4) is 0 Å². The van der Waals surface area contributed by atoms with Gasteiger partial charge in [-0.25, -0.2) is 9.97 Å². The predicted molar refractivity (Wildman–Crippen MR) is 188 cm³/mol. The maximum atomic E-state index is 13.1. The van der Waals surface area contributed by atoms with Crippen LogP contribution in [0.5, 0.6) is 11.5 Å². The Kier molecular flexibility index (Phi) is 10.2. The molecule has 7 N–H and O–H groups in total. The highest BCUT2D eigenvalue weighted by atomic mass is 16.5. The summed E-state index contributed by atoms with van der Waals surface area (Å²) in [7, 11) is 1.42. The first-order chi connectivity index (χ1) is 25.5. The third kappa shape index (κ3) is 7.54. The molecule has 0 atom stereocenters. The van der Waals surface area contributed by atoms with Gasteiger partial charge in [-0.1, -0.05) is 22.5 Å². The number of hydrogen-bond donors (Lipinski definition) is 5. The summed E-state index contributed by atoms with van der Waals surface area (Å²) in [6.45, 7) is 3.55. The van der Waals surface area contributed by atoms with Crippen LogP contribution in [-0.2, 0) is 13.1 Å². The number of primary amides is 2. The Morgan fingerprint density at radius 1 is 0.774 bits per heavy atom. The van der Waals surface area contributed by atoms with Gasteiger partial charge >= 0.3 is 0 Å². The number of ether oxygens (including phenoxy) is 2. The molecule has 0 unspecified atom stereocenters. The summed E-state index contributed by atoms with van der Waals surface area (Å²) < 4.78 is 25.1. The van der Waals surface area contributed by atoms with Crippen LogP contribution in [0.4, 0.5) is 11.9 Å². The van der Waals surface area contributed by atoms with Gasteiger partial charge in [-0.3, -0.25) is 29.8 Å². The van der Waals surface area contributed by atoms with Crippen LogP contribution in [0.2, 0.25) is 0 Å². The molecule has 4 heterocycles. The van der Waals surface area contributed by atoms with Crippen LogP contribution in [0.25, 0.3) is 22.1 Å². The lowest BCUT2D eigenvalue weighted by atomic mass is 10.1. The van der Waals surface area contributed by atoms with Gasteiger partial charge in [0.25, 0.3) is 11.8 Å². The molecular weight excluding hydrogens is 692 g/mol. The number of rotatable bonds is 15. The van der Waals surface area contributed by atoms with E-state index >= 15 is 0 Å². The van der Waals surface area contributed by atoms with Crippen LogP contribution < -0.4 is 31.6 Å². The number of hydrogen-bond acceptors (Lipinski definition) is 13. The third-order valence-electron chi connectivity index (χ3n) is 7.86. The zero-order valence-electron chi connectivity index (χ0n) is 28.7. The zero-order valence-corrected chi connectivity index (χ0v) is 28.7. The monoisotopic (exact) mass is 726 g/mol. The average Bonchev–Trinajstić information content (AvgIpc) is 3.92. The van der Waals surface area contributed by atoms with Crippen molar-refractivity contribution in [2.45, 2.75) is 33.4 Å². The Morgan fingerprint density at radius 3 is 1.66 bits per heavy atom. The van der Waals surface area contributed by atoms with E-state index in [2.05, 4.69) is 30.9 Å². The largest absolute Gasteiger partial charge is 0.494 e. The van der Waals surface area contributed by atoms with E-state index in [1.54, 1.807) is 35.1 Å². The van der Waals surface area contributed by atoms with E-state index in [0.717, 1.165) is 0 Å². The molecule has 4 aromatic heterocycles. The van der Waals surface area contributed by atoms with Gasteiger partial charge in [0.1, 0.15) is 22.5 Å². The Balaban J connectivity index is 1.39. The van der Waals surface area contributed by atoms with Gasteiger partial charge in [0.15, 0.2) is 0 Å². The van der Waals surface area contributed by atoms with Crippen LogP contribution in [0, 0.1) is 13.8 Å². The number of aliphatic hydroxyl groups excluding tert-OH is 1. The number of amides is 4. The van der Waals surface area contributed by atoms with Gasteiger partial charge in [0.05, 0.1) is 36.1 Å². The van der Waals surface area contributed by atoms with Crippen LogP contribution >= 0.6 is 0 Å². The molecule has 0 saturated carbocycles. The Hall–Kier alpha value is -7.02. The molecule has 0 radical (unpaired) electrons. The molecule has 0 aliphatic carbocycles. The molecule has 0 fully saturated rings. The number of carbonyl (C=O) groups excluding carboxylic acids is 4. The van der Waals surface area contributed by atoms with Gasteiger partial charge in [-0.05, 0) is 38.1 Å². The van der Waals surface area contributed by atoms with E-state index in [0.29, 0.717) is 39.9 Å². The minimum atomic E-state index is -0.719. The topological polar surface area (TPSA) is 271 Å². The molecule has 0 spiro atoms. The summed E-state index contributed by atoms with van der Waals surface area (Å²) in [4.78, 5) is 59.6. The lowest BCUT2D eigenvalue weighted by Crippen LogP contribution is -2.16. The summed E-state index contributed by atoms with van der Waals surface area (Å²) in [5, 5.41) is 22.3. The minimum Gasteiger partial charge on any atom is -0.494 e. The predicted octanol–water partition coefficient (Wildman–Crippen LogP) is 2.71. The minimum absolute atomic E-state index is 0.0417. The molecule has 4 amide bonds. The number of nitrogens with two attached hydrogens (primary N) is 2. The van der Waals surface area contributed by atoms with E-state index in [4.69, 9.17) is 30.0 Å². The molecule has 0 aliphatic rings. The number of allylic oxidation sites excluding steroid dienone is 2. The number of methoxy groups -OCH3 is 1. The van der Waals surface area contributed by atoms with Crippen LogP contribution in [-0.4, -0.2) is 78.5 Å². The molecule has 274 valence electrons. The molecule has 6 rings (SSSR count). The van der Waals surface area contributed by atoms with E-state index in [-0.39, 0.29) is 72.3 Å². The molecular formula is C34H34N10O9. The standard InChI is InChI=1S/C34H34N10O9/c1-17-11-25(52-41-17)31(48)39-33-37-21-13-19(29(35)46)15-23(50-3)27(21)43(33)7-4-5-8-44-28-22(14-20(30(36)47)16-24(28)51-10-6-9-45)38-34(44)40-32(49)26-12-18(2)42-53-26/h4-5,11-16,45H,6-10H2,1-3H3,(H2,35,46)(H2,36,47)(H,37,39,48)(H,38,40,49)/b5-4+. The van der Waals surface area contributed by atoms with E-state index in [1.165, 1.54) is 43.5 Å². The number of aryl methyl sites for hydroxylation is 2. The fraction of sp³-hybridized carbons (Fsp3) is 0.235. The number of benzene rings is 2. The van der Waals surface area contributed by atoms with E-state index in [9.17, 15) is 24.3 Å². The average molecular weight is 727 g/mol. The molecule has 0 aliphatic heterocycles. The van der Waals surface area contributed by atoms with Crippen molar-refractivity contribution >= 4 is 57.6 Å².